The van der Waals surface area contributed by atoms with Crippen molar-refractivity contribution in [2.75, 3.05) is 0 Å². The van der Waals surface area contributed by atoms with Crippen LogP contribution in [0.2, 0.25) is 0 Å². The fourth-order valence-electron chi connectivity index (χ4n) is 3.52. The standard InChI is InChI=1S/C19H22N5O2/c1-3-11-24-17-15(21-16(22-17)13-7-4-5-8-13)18(25)23-19(24)26-14-9-6-10-20-12(14)2/h6,9-10,13H,3-5,7-8,11H2,1-2H3. The van der Waals surface area contributed by atoms with Crippen molar-refractivity contribution in [1.29, 1.82) is 0 Å². The molecule has 7 heteroatoms. The molecule has 0 spiro atoms. The van der Waals surface area contributed by atoms with Gasteiger partial charge in [0.1, 0.15) is 5.84 Å². The number of ether oxygens (including phenoxy) is 1. The lowest BCUT2D eigenvalue weighted by Crippen LogP contribution is -2.21. The third-order valence-corrected chi connectivity index (χ3v) is 4.87. The van der Waals surface area contributed by atoms with Crippen LogP contribution in [0.1, 0.15) is 44.7 Å². The molecular weight excluding hydrogens is 330 g/mol. The third-order valence-electron chi connectivity index (χ3n) is 4.87. The predicted octanol–water partition coefficient (Wildman–Crippen LogP) is 3.62. The fraction of sp³-hybridized carbons (Fsp3) is 0.474. The Balaban J connectivity index is 1.76. The number of aliphatic imine (C=N–C) groups is 1. The summed E-state index contributed by atoms with van der Waals surface area (Å²) in [6, 6.07) is 3.86. The second-order valence-corrected chi connectivity index (χ2v) is 6.78. The van der Waals surface area contributed by atoms with Gasteiger partial charge in [0.2, 0.25) is 0 Å². The summed E-state index contributed by atoms with van der Waals surface area (Å²) in [5.74, 6) is 2.28. The molecule has 2 aliphatic rings. The summed E-state index contributed by atoms with van der Waals surface area (Å²) in [5, 5.41) is 4.53. The minimum atomic E-state index is -0.388. The van der Waals surface area contributed by atoms with Crippen LogP contribution in [0, 0.1) is 12.8 Å². The molecule has 0 amide bonds. The van der Waals surface area contributed by atoms with Crippen LogP contribution in [-0.4, -0.2) is 20.4 Å². The Morgan fingerprint density at radius 1 is 1.31 bits per heavy atom. The van der Waals surface area contributed by atoms with Gasteiger partial charge < -0.3 is 4.74 Å². The molecule has 1 saturated carbocycles. The Hall–Kier alpha value is -2.70. The Morgan fingerprint density at radius 2 is 2.12 bits per heavy atom. The monoisotopic (exact) mass is 352 g/mol. The molecule has 1 aliphatic heterocycles. The van der Waals surface area contributed by atoms with Crippen LogP contribution in [0.4, 0.5) is 11.5 Å². The van der Waals surface area contributed by atoms with Crippen molar-refractivity contribution in [3.05, 3.63) is 34.4 Å². The van der Waals surface area contributed by atoms with Crippen molar-refractivity contribution >= 4 is 17.3 Å². The number of nitrogens with zero attached hydrogens (tertiary/aromatic N) is 5. The van der Waals surface area contributed by atoms with Gasteiger partial charge >= 0.3 is 11.6 Å². The molecule has 0 aromatic carbocycles. The van der Waals surface area contributed by atoms with Crippen molar-refractivity contribution in [3.8, 4) is 11.8 Å². The molecule has 4 rings (SSSR count). The lowest BCUT2D eigenvalue weighted by atomic mass is 10.1. The van der Waals surface area contributed by atoms with Crippen LogP contribution < -0.4 is 15.6 Å². The van der Waals surface area contributed by atoms with Crippen LogP contribution in [0.15, 0.2) is 28.1 Å². The number of amidine groups is 1. The number of hydrogen-bond acceptors (Lipinski definition) is 5. The zero-order chi connectivity index (χ0) is 18.1. The molecule has 7 nitrogen and oxygen atoms in total. The highest BCUT2D eigenvalue weighted by Crippen LogP contribution is 2.36. The van der Waals surface area contributed by atoms with Crippen molar-refractivity contribution in [1.82, 2.24) is 19.9 Å². The van der Waals surface area contributed by atoms with Crippen LogP contribution in [0.25, 0.3) is 0 Å². The van der Waals surface area contributed by atoms with E-state index in [1.165, 1.54) is 12.8 Å². The summed E-state index contributed by atoms with van der Waals surface area (Å²) in [4.78, 5) is 25.6. The van der Waals surface area contributed by atoms with E-state index < -0.39 is 0 Å². The first-order valence-electron chi connectivity index (χ1n) is 9.22. The highest BCUT2D eigenvalue weighted by molar-refractivity contribution is 5.96. The number of rotatable bonds is 5. The van der Waals surface area contributed by atoms with E-state index in [9.17, 15) is 4.79 Å². The quantitative estimate of drug-likeness (QED) is 0.823. The molecule has 0 saturated heterocycles. The van der Waals surface area contributed by atoms with Gasteiger partial charge in [0, 0.05) is 18.7 Å². The van der Waals surface area contributed by atoms with E-state index in [4.69, 9.17) is 9.73 Å². The molecule has 1 radical (unpaired) electrons. The lowest BCUT2D eigenvalue weighted by molar-refractivity contribution is 0.396. The summed E-state index contributed by atoms with van der Waals surface area (Å²) in [5.41, 5.74) is 0.696. The largest absolute Gasteiger partial charge is 0.423 e. The van der Waals surface area contributed by atoms with Gasteiger partial charge in [-0.2, -0.15) is 4.98 Å². The van der Waals surface area contributed by atoms with Crippen LogP contribution in [-0.2, 0) is 6.54 Å². The average molecular weight is 352 g/mol. The Morgan fingerprint density at radius 3 is 2.85 bits per heavy atom. The van der Waals surface area contributed by atoms with Crippen LogP contribution in [0.3, 0.4) is 0 Å². The maximum Gasteiger partial charge on any atom is 0.307 e. The maximum atomic E-state index is 12.5. The zero-order valence-corrected chi connectivity index (χ0v) is 15.1. The van der Waals surface area contributed by atoms with E-state index in [2.05, 4.69) is 22.2 Å². The average Bonchev–Trinajstić information content (AvgIpc) is 3.30. The molecule has 26 heavy (non-hydrogen) atoms. The highest BCUT2D eigenvalue weighted by Gasteiger charge is 2.31. The number of aryl methyl sites for hydroxylation is 1. The Kier molecular flexibility index (Phi) is 4.44. The number of hydrogen-bond donors (Lipinski definition) is 0. The Labute approximate surface area is 152 Å². The zero-order valence-electron chi connectivity index (χ0n) is 15.1. The van der Waals surface area contributed by atoms with Gasteiger partial charge in [0.15, 0.2) is 17.3 Å². The number of fused-ring (bicyclic) bond motifs is 1. The normalized spacial score (nSPS) is 16.3. The predicted molar refractivity (Wildman–Crippen MR) is 98.7 cm³/mol. The molecule has 2 aromatic rings. The minimum Gasteiger partial charge on any atom is -0.423 e. The SMILES string of the molecule is CCCn1c(Oc2cccnc2C)nc(=O)c2c1N=C(C1CCCC1)[N]2. The smallest absolute Gasteiger partial charge is 0.307 e. The van der Waals surface area contributed by atoms with Crippen LogP contribution in [0.5, 0.6) is 11.8 Å². The molecule has 1 fully saturated rings. The molecule has 0 atom stereocenters. The van der Waals surface area contributed by atoms with Crippen molar-refractivity contribution in [2.45, 2.75) is 52.5 Å². The van der Waals surface area contributed by atoms with Crippen molar-refractivity contribution in [3.63, 3.8) is 0 Å². The van der Waals surface area contributed by atoms with Gasteiger partial charge in [0.05, 0.1) is 5.69 Å². The minimum absolute atomic E-state index is 0.248. The van der Waals surface area contributed by atoms with Crippen molar-refractivity contribution in [2.24, 2.45) is 10.9 Å². The molecule has 0 unspecified atom stereocenters. The molecule has 135 valence electrons. The first-order valence-corrected chi connectivity index (χ1v) is 9.22. The molecule has 0 bridgehead atoms. The summed E-state index contributed by atoms with van der Waals surface area (Å²) < 4.78 is 7.79. The van der Waals surface area contributed by atoms with Crippen molar-refractivity contribution < 1.29 is 4.74 Å². The van der Waals surface area contributed by atoms with E-state index in [1.807, 2.05) is 17.6 Å². The summed E-state index contributed by atoms with van der Waals surface area (Å²) >= 11 is 0. The second-order valence-electron chi connectivity index (χ2n) is 6.78. The second kappa shape index (κ2) is 6.90. The molecule has 0 N–H and O–H groups in total. The van der Waals surface area contributed by atoms with Gasteiger partial charge in [-0.15, -0.1) is 0 Å². The first kappa shape index (κ1) is 16.8. The van der Waals surface area contributed by atoms with E-state index >= 15 is 0 Å². The topological polar surface area (TPSA) is 83.5 Å². The van der Waals surface area contributed by atoms with Gasteiger partial charge in [0.25, 0.3) is 0 Å². The molecule has 3 heterocycles. The van der Waals surface area contributed by atoms with Gasteiger partial charge in [-0.3, -0.25) is 14.3 Å². The molecule has 2 aromatic heterocycles. The summed E-state index contributed by atoms with van der Waals surface area (Å²) in [6.45, 7) is 4.58. The summed E-state index contributed by atoms with van der Waals surface area (Å²) in [7, 11) is 0. The van der Waals surface area contributed by atoms with E-state index in [-0.39, 0.29) is 11.6 Å². The first-order chi connectivity index (χ1) is 12.7. The van der Waals surface area contributed by atoms with Gasteiger partial charge in [-0.1, -0.05) is 19.8 Å². The van der Waals surface area contributed by atoms with Gasteiger partial charge in [-0.25, -0.2) is 10.3 Å². The number of aromatic nitrogens is 3. The number of pyridine rings is 1. The lowest BCUT2D eigenvalue weighted by Gasteiger charge is -2.15. The highest BCUT2D eigenvalue weighted by atomic mass is 16.5. The summed E-state index contributed by atoms with van der Waals surface area (Å²) in [6.07, 6.45) is 7.14. The van der Waals surface area contributed by atoms with Gasteiger partial charge in [-0.05, 0) is 38.3 Å². The molecule has 1 aliphatic carbocycles. The Bertz CT molecular complexity index is 913. The third kappa shape index (κ3) is 2.98. The maximum absolute atomic E-state index is 12.5. The van der Waals surface area contributed by atoms with E-state index in [0.29, 0.717) is 29.7 Å². The molecular formula is C19H22N5O2. The van der Waals surface area contributed by atoms with Crippen LogP contribution >= 0.6 is 0 Å². The van der Waals surface area contributed by atoms with E-state index in [0.717, 1.165) is 30.8 Å². The van der Waals surface area contributed by atoms with E-state index in [1.54, 1.807) is 12.3 Å². The fourth-order valence-corrected chi connectivity index (χ4v) is 3.52.